The highest BCUT2D eigenvalue weighted by Crippen LogP contribution is 2.41. The Kier molecular flexibility index (Phi) is 7.53. The molecule has 0 aliphatic rings. The molecule has 9 aromatic carbocycles. The van der Waals surface area contributed by atoms with Crippen molar-refractivity contribution in [2.45, 2.75) is 0 Å². The van der Waals surface area contributed by atoms with E-state index in [1.165, 1.54) is 49.4 Å². The van der Waals surface area contributed by atoms with Gasteiger partial charge in [0, 0.05) is 27.2 Å². The summed E-state index contributed by atoms with van der Waals surface area (Å²) in [6.45, 7) is 0. The highest BCUT2D eigenvalue weighted by molar-refractivity contribution is 6.24. The van der Waals surface area contributed by atoms with E-state index >= 15 is 0 Å². The second kappa shape index (κ2) is 13.2. The molecule has 0 aliphatic carbocycles. The number of benzene rings is 9. The summed E-state index contributed by atoms with van der Waals surface area (Å²) < 4.78 is 9.43. The van der Waals surface area contributed by atoms with Crippen molar-refractivity contribution in [1.82, 2.24) is 4.57 Å². The number of aromatic nitrogens is 1. The van der Waals surface area contributed by atoms with Crippen molar-refractivity contribution in [3.8, 4) is 39.1 Å². The first kappa shape index (κ1) is 32.0. The number of fused-ring (bicyclic) bond motifs is 10. The minimum atomic E-state index is 0.825. The van der Waals surface area contributed by atoms with Gasteiger partial charge in [-0.25, -0.2) is 0 Å². The molecule has 2 heteroatoms. The quantitative estimate of drug-likeness (QED) is 0.178. The number of nitrogens with zero attached hydrogens (tertiary/aromatic N) is 1. The van der Waals surface area contributed by atoms with Gasteiger partial charge in [0.2, 0.25) is 0 Å². The van der Waals surface area contributed by atoms with Crippen LogP contribution in [-0.4, -0.2) is 4.57 Å². The predicted octanol–water partition coefficient (Wildman–Crippen LogP) is 15.1. The first-order valence-electron chi connectivity index (χ1n) is 19.2. The number of hydrogen-bond donors (Lipinski definition) is 0. The Bertz CT molecular complexity index is 3280. The van der Waals surface area contributed by atoms with Crippen molar-refractivity contribution in [1.29, 1.82) is 0 Å². The molecule has 0 fully saturated rings. The molecule has 56 heavy (non-hydrogen) atoms. The molecular weight excluding hydrogens is 679 g/mol. The van der Waals surface area contributed by atoms with E-state index < -0.39 is 0 Å². The third-order valence-corrected chi connectivity index (χ3v) is 11.2. The molecular formula is C54H35NO. The topological polar surface area (TPSA) is 18.1 Å². The minimum Gasteiger partial charge on any atom is -0.456 e. The van der Waals surface area contributed by atoms with Crippen molar-refractivity contribution in [3.05, 3.63) is 212 Å². The first-order chi connectivity index (χ1) is 27.8. The Morgan fingerprint density at radius 3 is 1.41 bits per heavy atom. The van der Waals surface area contributed by atoms with Gasteiger partial charge in [-0.3, -0.25) is 0 Å². The molecule has 0 atom stereocenters. The zero-order chi connectivity index (χ0) is 37.0. The third kappa shape index (κ3) is 5.34. The fourth-order valence-corrected chi connectivity index (χ4v) is 8.56. The van der Waals surface area contributed by atoms with E-state index in [2.05, 4.69) is 217 Å². The SMILES string of the molecule is c1ccc(-c2cc(-c3ccccc3)cc(-n3c4ccccc4c4cc5c(cc43)c3cc(-c4ccccc4)ccc3oc3ccccc3c3ccccc35)c2)cc1. The van der Waals surface area contributed by atoms with Crippen LogP contribution in [0.3, 0.4) is 0 Å². The van der Waals surface area contributed by atoms with Gasteiger partial charge in [0.1, 0.15) is 11.2 Å². The van der Waals surface area contributed by atoms with Crippen LogP contribution in [0.15, 0.2) is 217 Å². The molecule has 0 amide bonds. The smallest absolute Gasteiger partial charge is 0.135 e. The molecule has 0 spiro atoms. The Morgan fingerprint density at radius 1 is 0.250 bits per heavy atom. The summed E-state index contributed by atoms with van der Waals surface area (Å²) in [6.07, 6.45) is 0. The molecule has 0 unspecified atom stereocenters. The summed E-state index contributed by atoms with van der Waals surface area (Å²) in [7, 11) is 0. The maximum Gasteiger partial charge on any atom is 0.135 e. The Hall–Kier alpha value is -7.42. The summed E-state index contributed by atoms with van der Waals surface area (Å²) >= 11 is 0. The second-order valence-electron chi connectivity index (χ2n) is 14.5. The lowest BCUT2D eigenvalue weighted by Crippen LogP contribution is -1.96. The molecule has 2 heterocycles. The Labute approximate surface area is 324 Å². The lowest BCUT2D eigenvalue weighted by atomic mass is 9.97. The fraction of sp³-hybridized carbons (Fsp3) is 0. The second-order valence-corrected chi connectivity index (χ2v) is 14.5. The van der Waals surface area contributed by atoms with Crippen molar-refractivity contribution < 1.29 is 4.42 Å². The number of rotatable bonds is 4. The lowest BCUT2D eigenvalue weighted by Gasteiger charge is -2.14. The molecule has 2 nitrogen and oxygen atoms in total. The van der Waals surface area contributed by atoms with Gasteiger partial charge < -0.3 is 8.98 Å². The zero-order valence-electron chi connectivity index (χ0n) is 30.6. The van der Waals surface area contributed by atoms with Gasteiger partial charge in [-0.1, -0.05) is 158 Å². The van der Waals surface area contributed by atoms with Crippen LogP contribution in [0.2, 0.25) is 0 Å². The monoisotopic (exact) mass is 713 g/mol. The van der Waals surface area contributed by atoms with Crippen molar-refractivity contribution in [2.24, 2.45) is 0 Å². The van der Waals surface area contributed by atoms with E-state index in [9.17, 15) is 0 Å². The van der Waals surface area contributed by atoms with Crippen LogP contribution in [0, 0.1) is 0 Å². The van der Waals surface area contributed by atoms with Gasteiger partial charge in [0.25, 0.3) is 0 Å². The normalized spacial score (nSPS) is 11.6. The number of para-hydroxylation sites is 2. The lowest BCUT2D eigenvalue weighted by molar-refractivity contribution is 0.663. The first-order valence-corrected chi connectivity index (χ1v) is 19.2. The fourth-order valence-electron chi connectivity index (χ4n) is 8.56. The summed E-state index contributed by atoms with van der Waals surface area (Å²) in [5.74, 6) is 0. The molecule has 11 aromatic rings. The van der Waals surface area contributed by atoms with Crippen LogP contribution < -0.4 is 0 Å². The van der Waals surface area contributed by atoms with Gasteiger partial charge in [0.05, 0.1) is 11.0 Å². The molecule has 0 radical (unpaired) electrons. The highest BCUT2D eigenvalue weighted by atomic mass is 16.3. The van der Waals surface area contributed by atoms with Gasteiger partial charge in [-0.2, -0.15) is 0 Å². The summed E-state index contributed by atoms with van der Waals surface area (Å²) in [4.78, 5) is 0. The molecule has 0 bridgehead atoms. The minimum absolute atomic E-state index is 0.825. The van der Waals surface area contributed by atoms with E-state index in [4.69, 9.17) is 4.42 Å². The predicted molar refractivity (Wildman–Crippen MR) is 237 cm³/mol. The maximum absolute atomic E-state index is 6.98. The molecule has 0 N–H and O–H groups in total. The molecule has 0 saturated carbocycles. The van der Waals surface area contributed by atoms with Crippen LogP contribution in [0.1, 0.15) is 0 Å². The molecule has 262 valence electrons. The van der Waals surface area contributed by atoms with Crippen molar-refractivity contribution in [2.75, 3.05) is 0 Å². The van der Waals surface area contributed by atoms with Crippen LogP contribution in [0.5, 0.6) is 0 Å². The third-order valence-electron chi connectivity index (χ3n) is 11.2. The van der Waals surface area contributed by atoms with Crippen molar-refractivity contribution in [3.63, 3.8) is 0 Å². The van der Waals surface area contributed by atoms with Gasteiger partial charge in [-0.05, 0) is 110 Å². The Morgan fingerprint density at radius 2 is 0.750 bits per heavy atom. The van der Waals surface area contributed by atoms with E-state index in [0.717, 1.165) is 55.0 Å². The summed E-state index contributed by atoms with van der Waals surface area (Å²) in [5.41, 5.74) is 12.1. The van der Waals surface area contributed by atoms with Crippen LogP contribution >= 0.6 is 0 Å². The van der Waals surface area contributed by atoms with Crippen LogP contribution in [-0.2, 0) is 0 Å². The average molecular weight is 714 g/mol. The maximum atomic E-state index is 6.98. The number of hydrogen-bond acceptors (Lipinski definition) is 1. The molecule has 11 rings (SSSR count). The largest absolute Gasteiger partial charge is 0.456 e. The van der Waals surface area contributed by atoms with Gasteiger partial charge in [-0.15, -0.1) is 0 Å². The van der Waals surface area contributed by atoms with E-state index in [-0.39, 0.29) is 0 Å². The molecule has 2 aromatic heterocycles. The summed E-state index contributed by atoms with van der Waals surface area (Å²) in [6, 6.07) is 76.5. The molecule has 0 saturated heterocycles. The summed E-state index contributed by atoms with van der Waals surface area (Å²) in [5, 5.41) is 9.15. The molecule has 0 aliphatic heterocycles. The highest BCUT2D eigenvalue weighted by Gasteiger charge is 2.18. The van der Waals surface area contributed by atoms with Crippen LogP contribution in [0.25, 0.3) is 104 Å². The van der Waals surface area contributed by atoms with Crippen molar-refractivity contribution >= 4 is 65.3 Å². The van der Waals surface area contributed by atoms with Gasteiger partial charge in [0.15, 0.2) is 0 Å². The van der Waals surface area contributed by atoms with E-state index in [0.29, 0.717) is 0 Å². The standard InChI is InChI=1S/C54H35NO/c1-4-16-36(17-5-1)39-28-29-54-50(33-39)48-35-52-49(34-47(48)44-23-11-10-22-43(44)46-25-13-15-27-53(46)56-54)45-24-12-14-26-51(45)55(52)42-31-40(37-18-6-2-7-19-37)30-41(32-42)38-20-8-3-9-21-38/h1-35H. The Balaban J connectivity index is 1.34. The van der Waals surface area contributed by atoms with E-state index in [1.807, 2.05) is 0 Å². The average Bonchev–Trinajstić information content (AvgIpc) is 3.62. The zero-order valence-corrected chi connectivity index (χ0v) is 30.6. The van der Waals surface area contributed by atoms with Gasteiger partial charge >= 0.3 is 0 Å². The van der Waals surface area contributed by atoms with E-state index in [1.54, 1.807) is 0 Å². The van der Waals surface area contributed by atoms with Crippen LogP contribution in [0.4, 0.5) is 0 Å².